The lowest BCUT2D eigenvalue weighted by atomic mass is 9.90. The van der Waals surface area contributed by atoms with Crippen LogP contribution in [0.15, 0.2) is 36.4 Å². The average Bonchev–Trinajstić information content (AvgIpc) is 2.87. The van der Waals surface area contributed by atoms with E-state index < -0.39 is 0 Å². The number of methoxy groups -OCH3 is 2. The van der Waals surface area contributed by atoms with Gasteiger partial charge in [0.05, 0.1) is 25.9 Å². The summed E-state index contributed by atoms with van der Waals surface area (Å²) in [5, 5.41) is 9.17. The highest BCUT2D eigenvalue weighted by Gasteiger charge is 2.18. The highest BCUT2D eigenvalue weighted by molar-refractivity contribution is 5.45. The highest BCUT2D eigenvalue weighted by Crippen LogP contribution is 2.31. The van der Waals surface area contributed by atoms with Gasteiger partial charge in [0.15, 0.2) is 11.5 Å². The minimum Gasteiger partial charge on any atom is -0.493 e. The van der Waals surface area contributed by atoms with E-state index in [0.717, 1.165) is 62.6 Å². The number of piperazine rings is 1. The fourth-order valence-electron chi connectivity index (χ4n) is 4.67. The minimum absolute atomic E-state index is 0.571. The molecule has 2 aromatic rings. The molecule has 1 saturated heterocycles. The summed E-state index contributed by atoms with van der Waals surface area (Å²) in [6, 6.07) is 14.3. The van der Waals surface area contributed by atoms with E-state index in [0.29, 0.717) is 24.0 Å². The van der Waals surface area contributed by atoms with Crippen molar-refractivity contribution in [1.29, 1.82) is 5.26 Å². The van der Waals surface area contributed by atoms with E-state index in [1.54, 1.807) is 14.2 Å². The molecular weight excluding hydrogens is 426 g/mol. The SMILES string of the molecule is CCC(CCCN1CCN(CCOc2ccc(OC)c(OC)c2)CC1)c1ccc(C#N)c(C)c1. The van der Waals surface area contributed by atoms with Crippen LogP contribution in [0.1, 0.15) is 48.8 Å². The number of nitriles is 1. The third-order valence-electron chi connectivity index (χ3n) is 6.86. The third-order valence-corrected chi connectivity index (χ3v) is 6.86. The Morgan fingerprint density at radius 3 is 2.26 bits per heavy atom. The summed E-state index contributed by atoms with van der Waals surface area (Å²) in [7, 11) is 3.27. The largest absolute Gasteiger partial charge is 0.493 e. The summed E-state index contributed by atoms with van der Waals surface area (Å²) in [6.07, 6.45) is 3.54. The van der Waals surface area contributed by atoms with Gasteiger partial charge in [-0.25, -0.2) is 0 Å². The van der Waals surface area contributed by atoms with E-state index >= 15 is 0 Å². The minimum atomic E-state index is 0.571. The van der Waals surface area contributed by atoms with Gasteiger partial charge in [0, 0.05) is 38.8 Å². The molecule has 0 N–H and O–H groups in total. The van der Waals surface area contributed by atoms with Crippen LogP contribution in [-0.2, 0) is 0 Å². The van der Waals surface area contributed by atoms with Crippen molar-refractivity contribution in [2.75, 3.05) is 60.1 Å². The van der Waals surface area contributed by atoms with Crippen molar-refractivity contribution in [2.45, 2.75) is 39.0 Å². The lowest BCUT2D eigenvalue weighted by molar-refractivity contribution is 0.115. The average molecular weight is 466 g/mol. The lowest BCUT2D eigenvalue weighted by Gasteiger charge is -2.34. The van der Waals surface area contributed by atoms with Crippen LogP contribution in [0.25, 0.3) is 0 Å². The fourth-order valence-corrected chi connectivity index (χ4v) is 4.67. The predicted octanol–water partition coefficient (Wildman–Crippen LogP) is 4.85. The molecule has 0 amide bonds. The van der Waals surface area contributed by atoms with Crippen LogP contribution < -0.4 is 14.2 Å². The first-order valence-corrected chi connectivity index (χ1v) is 12.4. The molecule has 6 heteroatoms. The van der Waals surface area contributed by atoms with Gasteiger partial charge in [-0.2, -0.15) is 5.26 Å². The molecule has 184 valence electrons. The summed E-state index contributed by atoms with van der Waals surface area (Å²) in [5.41, 5.74) is 3.24. The topological polar surface area (TPSA) is 58.0 Å². The van der Waals surface area contributed by atoms with Crippen LogP contribution in [0.5, 0.6) is 17.2 Å². The van der Waals surface area contributed by atoms with Crippen molar-refractivity contribution in [3.05, 3.63) is 53.1 Å². The Hall–Kier alpha value is -2.75. The second-order valence-corrected chi connectivity index (χ2v) is 8.98. The summed E-state index contributed by atoms with van der Waals surface area (Å²) in [5.74, 6) is 2.78. The van der Waals surface area contributed by atoms with Gasteiger partial charge >= 0.3 is 0 Å². The summed E-state index contributed by atoms with van der Waals surface area (Å²) in [4.78, 5) is 5.06. The fraction of sp³-hybridized carbons (Fsp3) is 0.536. The molecule has 1 fully saturated rings. The second kappa shape index (κ2) is 13.2. The molecule has 3 rings (SSSR count). The Morgan fingerprint density at radius 2 is 1.65 bits per heavy atom. The maximum absolute atomic E-state index is 9.17. The van der Waals surface area contributed by atoms with Gasteiger partial charge in [-0.1, -0.05) is 19.1 Å². The van der Waals surface area contributed by atoms with Crippen LogP contribution >= 0.6 is 0 Å². The molecule has 0 bridgehead atoms. The van der Waals surface area contributed by atoms with Gasteiger partial charge in [-0.3, -0.25) is 4.90 Å². The highest BCUT2D eigenvalue weighted by atomic mass is 16.5. The maximum atomic E-state index is 9.17. The van der Waals surface area contributed by atoms with Gasteiger partial charge in [0.25, 0.3) is 0 Å². The smallest absolute Gasteiger partial charge is 0.164 e. The Morgan fingerprint density at radius 1 is 0.941 bits per heavy atom. The molecule has 2 aromatic carbocycles. The molecular formula is C28H39N3O3. The van der Waals surface area contributed by atoms with Gasteiger partial charge < -0.3 is 19.1 Å². The van der Waals surface area contributed by atoms with Gasteiger partial charge in [0.1, 0.15) is 12.4 Å². The van der Waals surface area contributed by atoms with Crippen molar-refractivity contribution in [3.8, 4) is 23.3 Å². The molecule has 0 spiro atoms. The van der Waals surface area contributed by atoms with Crippen LogP contribution in [0.4, 0.5) is 0 Å². The summed E-state index contributed by atoms with van der Waals surface area (Å²) < 4.78 is 16.6. The maximum Gasteiger partial charge on any atom is 0.164 e. The Bertz CT molecular complexity index is 948. The number of aryl methyl sites for hydroxylation is 1. The third kappa shape index (κ3) is 7.12. The molecule has 0 saturated carbocycles. The number of ether oxygens (including phenoxy) is 3. The van der Waals surface area contributed by atoms with Crippen LogP contribution in [0.2, 0.25) is 0 Å². The van der Waals surface area contributed by atoms with Crippen molar-refractivity contribution in [2.24, 2.45) is 0 Å². The molecule has 1 aliphatic heterocycles. The number of hydrogen-bond acceptors (Lipinski definition) is 6. The van der Waals surface area contributed by atoms with E-state index in [1.807, 2.05) is 31.2 Å². The molecule has 1 heterocycles. The van der Waals surface area contributed by atoms with Gasteiger partial charge in [-0.05, 0) is 68.0 Å². The van der Waals surface area contributed by atoms with E-state index in [2.05, 4.69) is 34.9 Å². The first-order chi connectivity index (χ1) is 16.6. The number of hydrogen-bond donors (Lipinski definition) is 0. The molecule has 1 atom stereocenters. The Kier molecular flexibility index (Phi) is 10.1. The zero-order valence-electron chi connectivity index (χ0n) is 21.2. The van der Waals surface area contributed by atoms with Crippen molar-refractivity contribution >= 4 is 0 Å². The quantitative estimate of drug-likeness (QED) is 0.446. The molecule has 6 nitrogen and oxygen atoms in total. The van der Waals surface area contributed by atoms with Crippen LogP contribution in [0.3, 0.4) is 0 Å². The first-order valence-electron chi connectivity index (χ1n) is 12.4. The zero-order chi connectivity index (χ0) is 24.3. The number of benzene rings is 2. The molecule has 0 aromatic heterocycles. The second-order valence-electron chi connectivity index (χ2n) is 8.98. The van der Waals surface area contributed by atoms with Crippen LogP contribution in [-0.4, -0.2) is 69.9 Å². The Labute approximate surface area is 205 Å². The van der Waals surface area contributed by atoms with E-state index in [9.17, 15) is 5.26 Å². The number of nitrogens with zero attached hydrogens (tertiary/aromatic N) is 3. The lowest BCUT2D eigenvalue weighted by Crippen LogP contribution is -2.47. The van der Waals surface area contributed by atoms with Crippen molar-refractivity contribution in [1.82, 2.24) is 9.80 Å². The number of rotatable bonds is 12. The normalized spacial score (nSPS) is 15.5. The molecule has 34 heavy (non-hydrogen) atoms. The Balaban J connectivity index is 1.35. The molecule has 1 aliphatic rings. The van der Waals surface area contributed by atoms with Gasteiger partial charge in [-0.15, -0.1) is 0 Å². The summed E-state index contributed by atoms with van der Waals surface area (Å²) >= 11 is 0. The monoisotopic (exact) mass is 465 g/mol. The summed E-state index contributed by atoms with van der Waals surface area (Å²) in [6.45, 7) is 11.4. The standard InChI is InChI=1S/C28H39N3O3/c1-5-23(24-8-9-25(21-29)22(2)19-24)7-6-12-30-13-15-31(16-14-30)17-18-34-26-10-11-27(32-3)28(20-26)33-4/h8-11,19-20,23H,5-7,12-18H2,1-4H3. The van der Waals surface area contributed by atoms with E-state index in [-0.39, 0.29) is 0 Å². The van der Waals surface area contributed by atoms with Gasteiger partial charge in [0.2, 0.25) is 0 Å². The van der Waals surface area contributed by atoms with Crippen molar-refractivity contribution < 1.29 is 14.2 Å². The predicted molar refractivity (Wildman–Crippen MR) is 136 cm³/mol. The molecule has 0 radical (unpaired) electrons. The molecule has 0 aliphatic carbocycles. The first kappa shape index (κ1) is 25.9. The van der Waals surface area contributed by atoms with Crippen LogP contribution in [0, 0.1) is 18.3 Å². The van der Waals surface area contributed by atoms with E-state index in [4.69, 9.17) is 14.2 Å². The zero-order valence-corrected chi connectivity index (χ0v) is 21.2. The van der Waals surface area contributed by atoms with E-state index in [1.165, 1.54) is 18.4 Å². The molecule has 1 unspecified atom stereocenters. The van der Waals surface area contributed by atoms with Crippen molar-refractivity contribution in [3.63, 3.8) is 0 Å².